The van der Waals surface area contributed by atoms with Crippen molar-refractivity contribution < 1.29 is 31.8 Å². The van der Waals surface area contributed by atoms with E-state index in [1.54, 1.807) is 4.72 Å². The van der Waals surface area contributed by atoms with Gasteiger partial charge < -0.3 is 10.2 Å². The van der Waals surface area contributed by atoms with Crippen molar-refractivity contribution in [1.82, 2.24) is 4.72 Å². The average molecular weight is 299 g/mol. The second-order valence-electron chi connectivity index (χ2n) is 3.68. The number of sulfonamides is 1. The highest BCUT2D eigenvalue weighted by Gasteiger charge is 2.36. The number of nitrogens with one attached hydrogen (secondary N) is 1. The number of alkyl halides is 3. The maximum absolute atomic E-state index is 12.7. The van der Waals surface area contributed by atoms with Crippen LogP contribution in [0.2, 0.25) is 0 Å². The standard InChI is InChI=1S/C10H12F3NO4S/c11-10(12,13)8-3-1-2-4-9(8)19(17,18)14-5-7(16)6-15/h1-4,7,14-16H,5-6H2. The fourth-order valence-electron chi connectivity index (χ4n) is 1.28. The summed E-state index contributed by atoms with van der Waals surface area (Å²) in [5.41, 5.74) is -1.29. The molecule has 0 saturated carbocycles. The van der Waals surface area contributed by atoms with Gasteiger partial charge >= 0.3 is 6.18 Å². The molecule has 0 aliphatic carbocycles. The highest BCUT2D eigenvalue weighted by atomic mass is 32.2. The van der Waals surface area contributed by atoms with Crippen LogP contribution in [0.25, 0.3) is 0 Å². The van der Waals surface area contributed by atoms with Crippen LogP contribution < -0.4 is 4.72 Å². The largest absolute Gasteiger partial charge is 0.417 e. The van der Waals surface area contributed by atoms with Gasteiger partial charge in [-0.1, -0.05) is 12.1 Å². The van der Waals surface area contributed by atoms with Crippen LogP contribution in [-0.2, 0) is 16.2 Å². The Balaban J connectivity index is 3.09. The molecule has 5 nitrogen and oxygen atoms in total. The van der Waals surface area contributed by atoms with Crippen molar-refractivity contribution in [1.29, 1.82) is 0 Å². The monoisotopic (exact) mass is 299 g/mol. The third-order valence-electron chi connectivity index (χ3n) is 2.20. The summed E-state index contributed by atoms with van der Waals surface area (Å²) in [5, 5.41) is 17.5. The van der Waals surface area contributed by atoms with Crippen LogP contribution >= 0.6 is 0 Å². The van der Waals surface area contributed by atoms with Gasteiger partial charge in [0, 0.05) is 6.54 Å². The topological polar surface area (TPSA) is 86.6 Å². The van der Waals surface area contributed by atoms with Crippen molar-refractivity contribution in [2.45, 2.75) is 17.2 Å². The van der Waals surface area contributed by atoms with Gasteiger partial charge in [-0.2, -0.15) is 13.2 Å². The summed E-state index contributed by atoms with van der Waals surface area (Å²) in [6, 6.07) is 3.70. The van der Waals surface area contributed by atoms with Crippen molar-refractivity contribution in [3.8, 4) is 0 Å². The molecule has 0 aromatic heterocycles. The number of rotatable bonds is 5. The van der Waals surface area contributed by atoms with E-state index in [9.17, 15) is 21.6 Å². The van der Waals surface area contributed by atoms with Crippen LogP contribution in [0.4, 0.5) is 13.2 Å². The lowest BCUT2D eigenvalue weighted by molar-refractivity contribution is -0.139. The third kappa shape index (κ3) is 4.16. The zero-order chi connectivity index (χ0) is 14.7. The first-order valence-electron chi connectivity index (χ1n) is 5.13. The second-order valence-corrected chi connectivity index (χ2v) is 5.42. The molecule has 1 unspecified atom stereocenters. The molecule has 0 aliphatic rings. The van der Waals surface area contributed by atoms with Crippen molar-refractivity contribution >= 4 is 10.0 Å². The van der Waals surface area contributed by atoms with Crippen molar-refractivity contribution in [3.63, 3.8) is 0 Å². The Morgan fingerprint density at radius 3 is 2.37 bits per heavy atom. The number of hydrogen-bond acceptors (Lipinski definition) is 4. The number of benzene rings is 1. The molecule has 19 heavy (non-hydrogen) atoms. The van der Waals surface area contributed by atoms with Gasteiger partial charge in [0.1, 0.15) is 0 Å². The van der Waals surface area contributed by atoms with Crippen LogP contribution in [0.3, 0.4) is 0 Å². The van der Waals surface area contributed by atoms with Crippen molar-refractivity contribution in [2.75, 3.05) is 13.2 Å². The fourth-order valence-corrected chi connectivity index (χ4v) is 2.58. The van der Waals surface area contributed by atoms with Crippen LogP contribution in [0, 0.1) is 0 Å². The summed E-state index contributed by atoms with van der Waals surface area (Å²) < 4.78 is 63.2. The van der Waals surface area contributed by atoms with E-state index in [1.807, 2.05) is 0 Å². The van der Waals surface area contributed by atoms with E-state index in [0.717, 1.165) is 18.2 Å². The van der Waals surface area contributed by atoms with Gasteiger partial charge in [-0.25, -0.2) is 13.1 Å². The number of hydrogen-bond donors (Lipinski definition) is 3. The lowest BCUT2D eigenvalue weighted by Gasteiger charge is -2.14. The maximum atomic E-state index is 12.7. The molecule has 1 aromatic rings. The van der Waals surface area contributed by atoms with Gasteiger partial charge in [0.05, 0.1) is 23.2 Å². The SMILES string of the molecule is O=S(=O)(NCC(O)CO)c1ccccc1C(F)(F)F. The Hall–Kier alpha value is -1.16. The summed E-state index contributed by atoms with van der Waals surface area (Å²) in [4.78, 5) is -0.923. The average Bonchev–Trinajstić information content (AvgIpc) is 2.35. The van der Waals surface area contributed by atoms with Gasteiger partial charge in [-0.3, -0.25) is 0 Å². The first-order chi connectivity index (χ1) is 8.68. The molecule has 3 N–H and O–H groups in total. The molecule has 0 spiro atoms. The summed E-state index contributed by atoms with van der Waals surface area (Å²) in [6.45, 7) is -1.28. The maximum Gasteiger partial charge on any atom is 0.417 e. The molecule has 108 valence electrons. The van der Waals surface area contributed by atoms with E-state index >= 15 is 0 Å². The summed E-state index contributed by atoms with van der Waals surface area (Å²) in [7, 11) is -4.42. The van der Waals surface area contributed by atoms with Crippen LogP contribution in [0.1, 0.15) is 5.56 Å². The number of halogens is 3. The Labute approximate surface area is 107 Å². The number of aliphatic hydroxyl groups excluding tert-OH is 2. The van der Waals surface area contributed by atoms with Gasteiger partial charge in [-0.15, -0.1) is 0 Å². The molecule has 0 heterocycles. The van der Waals surface area contributed by atoms with Crippen LogP contribution in [-0.4, -0.2) is 37.9 Å². The molecule has 0 aliphatic heterocycles. The minimum absolute atomic E-state index is 0.578. The molecular formula is C10H12F3NO4S. The molecule has 0 saturated heterocycles. The quantitative estimate of drug-likeness (QED) is 0.731. The minimum atomic E-state index is -4.80. The molecule has 0 bridgehead atoms. The lowest BCUT2D eigenvalue weighted by Crippen LogP contribution is -2.34. The van der Waals surface area contributed by atoms with E-state index in [-0.39, 0.29) is 0 Å². The molecule has 0 fully saturated rings. The van der Waals surface area contributed by atoms with Crippen molar-refractivity contribution in [3.05, 3.63) is 29.8 Å². The third-order valence-corrected chi connectivity index (χ3v) is 3.68. The van der Waals surface area contributed by atoms with Gasteiger partial charge in [0.25, 0.3) is 0 Å². The molecule has 0 amide bonds. The normalized spacial score (nSPS) is 14.4. The van der Waals surface area contributed by atoms with Crippen LogP contribution in [0.5, 0.6) is 0 Å². The van der Waals surface area contributed by atoms with E-state index in [2.05, 4.69) is 0 Å². The van der Waals surface area contributed by atoms with E-state index in [0.29, 0.717) is 6.07 Å². The molecule has 1 atom stereocenters. The van der Waals surface area contributed by atoms with Crippen LogP contribution in [0.15, 0.2) is 29.2 Å². The smallest absolute Gasteiger partial charge is 0.394 e. The number of aliphatic hydroxyl groups is 2. The summed E-state index contributed by atoms with van der Waals surface area (Å²) in [5.74, 6) is 0. The summed E-state index contributed by atoms with van der Waals surface area (Å²) >= 11 is 0. The molecule has 1 rings (SSSR count). The van der Waals surface area contributed by atoms with Gasteiger partial charge in [0.15, 0.2) is 0 Å². The first kappa shape index (κ1) is 15.9. The van der Waals surface area contributed by atoms with Gasteiger partial charge in [-0.05, 0) is 12.1 Å². The Kier molecular flexibility index (Phi) is 4.91. The van der Waals surface area contributed by atoms with E-state index in [1.165, 1.54) is 0 Å². The first-order valence-corrected chi connectivity index (χ1v) is 6.61. The molecule has 9 heteroatoms. The summed E-state index contributed by atoms with van der Waals surface area (Å²) in [6.07, 6.45) is -6.19. The van der Waals surface area contributed by atoms with Crippen molar-refractivity contribution in [2.24, 2.45) is 0 Å². The highest BCUT2D eigenvalue weighted by molar-refractivity contribution is 7.89. The Morgan fingerprint density at radius 2 is 1.84 bits per heavy atom. The zero-order valence-corrected chi connectivity index (χ0v) is 10.4. The predicted octanol–water partition coefficient (Wildman–Crippen LogP) is 0.337. The van der Waals surface area contributed by atoms with Gasteiger partial charge in [0.2, 0.25) is 10.0 Å². The van der Waals surface area contributed by atoms with E-state index < -0.39 is 45.9 Å². The van der Waals surface area contributed by atoms with E-state index in [4.69, 9.17) is 10.2 Å². The zero-order valence-electron chi connectivity index (χ0n) is 9.55. The second kappa shape index (κ2) is 5.87. The molecule has 0 radical (unpaired) electrons. The highest BCUT2D eigenvalue weighted by Crippen LogP contribution is 2.33. The molecular weight excluding hydrogens is 287 g/mol. The lowest BCUT2D eigenvalue weighted by atomic mass is 10.2. The fraction of sp³-hybridized carbons (Fsp3) is 0.400. The minimum Gasteiger partial charge on any atom is -0.394 e. The molecule has 1 aromatic carbocycles. The predicted molar refractivity (Wildman–Crippen MR) is 59.7 cm³/mol. The Morgan fingerprint density at radius 1 is 1.26 bits per heavy atom. The Bertz CT molecular complexity index is 530.